The molecule has 2 unspecified atom stereocenters. The number of hydrogen-bond donors (Lipinski definition) is 5. The first-order chi connectivity index (χ1) is 12.4. The molecule has 0 rings (SSSR count). The first-order valence-electron chi connectivity index (χ1n) is 9.23. The molecule has 0 fully saturated rings. The number of carbonyl (C=O) groups excluding carboxylic acids is 2. The van der Waals surface area contributed by atoms with E-state index in [0.29, 0.717) is 64.5 Å². The van der Waals surface area contributed by atoms with Gasteiger partial charge in [-0.05, 0) is 63.5 Å². The molecule has 0 radical (unpaired) electrons. The number of amides is 2. The highest BCUT2D eigenvalue weighted by atomic mass is 16.3. The normalized spacial score (nSPS) is 14.1. The Kier molecular flexibility index (Phi) is 14.5. The van der Waals surface area contributed by atoms with Gasteiger partial charge in [-0.15, -0.1) is 0 Å². The molecule has 0 spiro atoms. The first-order valence-corrected chi connectivity index (χ1v) is 9.23. The van der Waals surface area contributed by atoms with Crippen molar-refractivity contribution >= 4 is 11.8 Å². The van der Waals surface area contributed by atoms with E-state index in [1.807, 2.05) is 0 Å². The van der Waals surface area contributed by atoms with Gasteiger partial charge in [0.1, 0.15) is 0 Å². The van der Waals surface area contributed by atoms with E-state index in [9.17, 15) is 24.9 Å². The van der Waals surface area contributed by atoms with Crippen molar-refractivity contribution in [2.45, 2.75) is 69.7 Å². The van der Waals surface area contributed by atoms with E-state index in [1.165, 1.54) is 12.2 Å². The van der Waals surface area contributed by atoms with Gasteiger partial charge in [0.05, 0.1) is 18.3 Å². The smallest absolute Gasteiger partial charge is 0.243 e. The molecule has 0 saturated heterocycles. The van der Waals surface area contributed by atoms with E-state index in [2.05, 4.69) is 23.8 Å². The predicted octanol–water partition coefficient (Wildman–Crippen LogP) is 0.794. The number of rotatable bonds is 16. The highest BCUT2D eigenvalue weighted by molar-refractivity contribution is 5.87. The number of aliphatic hydroxyl groups is 3. The zero-order valence-electron chi connectivity index (χ0n) is 15.5. The van der Waals surface area contributed by atoms with Gasteiger partial charge in [-0.3, -0.25) is 9.59 Å². The third-order valence-electron chi connectivity index (χ3n) is 4.06. The van der Waals surface area contributed by atoms with Crippen molar-refractivity contribution in [3.63, 3.8) is 0 Å². The van der Waals surface area contributed by atoms with Gasteiger partial charge in [0.2, 0.25) is 11.8 Å². The highest BCUT2D eigenvalue weighted by Gasteiger charge is 2.12. The summed E-state index contributed by atoms with van der Waals surface area (Å²) in [5, 5.41) is 35.0. The number of aliphatic hydroxyl groups excluding tert-OH is 3. The van der Waals surface area contributed by atoms with Crippen LogP contribution in [0.5, 0.6) is 0 Å². The van der Waals surface area contributed by atoms with Crippen molar-refractivity contribution in [1.82, 2.24) is 10.6 Å². The summed E-state index contributed by atoms with van der Waals surface area (Å²) in [7, 11) is 0. The summed E-state index contributed by atoms with van der Waals surface area (Å²) in [5.41, 5.74) is 0. The predicted molar refractivity (Wildman–Crippen MR) is 101 cm³/mol. The fourth-order valence-corrected chi connectivity index (χ4v) is 2.45. The van der Waals surface area contributed by atoms with Gasteiger partial charge in [-0.25, -0.2) is 0 Å². The van der Waals surface area contributed by atoms with Gasteiger partial charge in [-0.2, -0.15) is 0 Å². The fourth-order valence-electron chi connectivity index (χ4n) is 2.45. The molecule has 0 heterocycles. The van der Waals surface area contributed by atoms with Crippen LogP contribution in [-0.2, 0) is 9.59 Å². The molecule has 0 aromatic heterocycles. The van der Waals surface area contributed by atoms with E-state index in [4.69, 9.17) is 0 Å². The molecule has 7 nitrogen and oxygen atoms in total. The van der Waals surface area contributed by atoms with Crippen LogP contribution >= 0.6 is 0 Å². The second-order valence-electron chi connectivity index (χ2n) is 6.39. The summed E-state index contributed by atoms with van der Waals surface area (Å²) < 4.78 is 0. The Morgan fingerprint density at radius 1 is 0.692 bits per heavy atom. The minimum Gasteiger partial charge on any atom is -0.393 e. The van der Waals surface area contributed by atoms with Gasteiger partial charge in [-0.1, -0.05) is 13.2 Å². The molecular formula is C19H34N2O5. The van der Waals surface area contributed by atoms with Crippen molar-refractivity contribution in [2.75, 3.05) is 13.1 Å². The molecule has 0 aliphatic carbocycles. The topological polar surface area (TPSA) is 119 Å². The SMILES string of the molecule is C=CC(=O)NCCCC(O)CCC(O)CCC(O)CCCNC(=O)C=C. The largest absolute Gasteiger partial charge is 0.393 e. The van der Waals surface area contributed by atoms with Crippen LogP contribution in [0, 0.1) is 0 Å². The van der Waals surface area contributed by atoms with Gasteiger partial charge < -0.3 is 26.0 Å². The van der Waals surface area contributed by atoms with Gasteiger partial charge in [0.15, 0.2) is 0 Å². The first kappa shape index (κ1) is 24.3. The van der Waals surface area contributed by atoms with Crippen molar-refractivity contribution in [3.8, 4) is 0 Å². The molecule has 150 valence electrons. The molecule has 0 aromatic rings. The Labute approximate surface area is 156 Å². The number of nitrogens with one attached hydrogen (secondary N) is 2. The van der Waals surface area contributed by atoms with Crippen LogP contribution in [0.15, 0.2) is 25.3 Å². The molecule has 0 saturated carbocycles. The van der Waals surface area contributed by atoms with Gasteiger partial charge >= 0.3 is 0 Å². The van der Waals surface area contributed by atoms with E-state index in [1.54, 1.807) is 0 Å². The number of hydrogen-bond acceptors (Lipinski definition) is 5. The average Bonchev–Trinajstić information content (AvgIpc) is 2.64. The summed E-state index contributed by atoms with van der Waals surface area (Å²) in [6.07, 6.45) is 5.21. The Morgan fingerprint density at radius 3 is 1.31 bits per heavy atom. The lowest BCUT2D eigenvalue weighted by Crippen LogP contribution is -2.23. The van der Waals surface area contributed by atoms with Crippen molar-refractivity contribution in [3.05, 3.63) is 25.3 Å². The molecule has 5 N–H and O–H groups in total. The molecule has 2 atom stereocenters. The molecular weight excluding hydrogens is 336 g/mol. The fraction of sp³-hybridized carbons (Fsp3) is 0.684. The highest BCUT2D eigenvalue weighted by Crippen LogP contribution is 2.13. The molecule has 2 amide bonds. The second kappa shape index (κ2) is 15.5. The van der Waals surface area contributed by atoms with Gasteiger partial charge in [0.25, 0.3) is 0 Å². The molecule has 0 bridgehead atoms. The van der Waals surface area contributed by atoms with Crippen LogP contribution in [0.4, 0.5) is 0 Å². The standard InChI is InChI=1S/C19H34N2O5/c1-3-18(25)20-13-5-7-15(22)9-11-17(24)12-10-16(23)8-6-14-21-19(26)4-2/h3-4,15-17,22-24H,1-2,5-14H2,(H,20,25)(H,21,26). The third-order valence-corrected chi connectivity index (χ3v) is 4.06. The average molecular weight is 370 g/mol. The van der Waals surface area contributed by atoms with E-state index in [-0.39, 0.29) is 11.8 Å². The Balaban J connectivity index is 3.63. The van der Waals surface area contributed by atoms with Crippen LogP contribution in [0.2, 0.25) is 0 Å². The Hall–Kier alpha value is -1.70. The van der Waals surface area contributed by atoms with E-state index >= 15 is 0 Å². The third kappa shape index (κ3) is 14.6. The van der Waals surface area contributed by atoms with Crippen molar-refractivity contribution in [2.24, 2.45) is 0 Å². The van der Waals surface area contributed by atoms with Crippen LogP contribution in [0.3, 0.4) is 0 Å². The molecule has 0 aliphatic heterocycles. The minimum atomic E-state index is -0.555. The van der Waals surface area contributed by atoms with Gasteiger partial charge in [0, 0.05) is 13.1 Å². The van der Waals surface area contributed by atoms with E-state index < -0.39 is 18.3 Å². The minimum absolute atomic E-state index is 0.225. The second-order valence-corrected chi connectivity index (χ2v) is 6.39. The lowest BCUT2D eigenvalue weighted by atomic mass is 10.0. The van der Waals surface area contributed by atoms with Crippen molar-refractivity contribution < 1.29 is 24.9 Å². The maximum atomic E-state index is 11.0. The summed E-state index contributed by atoms with van der Waals surface area (Å²) in [6, 6.07) is 0. The zero-order chi connectivity index (χ0) is 19.8. The lowest BCUT2D eigenvalue weighted by molar-refractivity contribution is -0.117. The summed E-state index contributed by atoms with van der Waals surface area (Å²) in [6.45, 7) is 7.69. The van der Waals surface area contributed by atoms with Crippen LogP contribution in [-0.4, -0.2) is 58.5 Å². The Bertz CT molecular complexity index is 390. The van der Waals surface area contributed by atoms with Crippen molar-refractivity contribution in [1.29, 1.82) is 0 Å². The summed E-state index contributed by atoms with van der Waals surface area (Å²) in [5.74, 6) is -0.451. The quantitative estimate of drug-likeness (QED) is 0.203. The van der Waals surface area contributed by atoms with Crippen LogP contribution in [0.25, 0.3) is 0 Å². The summed E-state index contributed by atoms with van der Waals surface area (Å²) >= 11 is 0. The van der Waals surface area contributed by atoms with Crippen LogP contribution < -0.4 is 10.6 Å². The lowest BCUT2D eigenvalue weighted by Gasteiger charge is -2.16. The molecule has 7 heteroatoms. The van der Waals surface area contributed by atoms with Crippen LogP contribution in [0.1, 0.15) is 51.4 Å². The van der Waals surface area contributed by atoms with E-state index in [0.717, 1.165) is 0 Å². The monoisotopic (exact) mass is 370 g/mol. The molecule has 0 aliphatic rings. The molecule has 0 aromatic carbocycles. The molecule has 26 heavy (non-hydrogen) atoms. The summed E-state index contributed by atoms with van der Waals surface area (Å²) in [4.78, 5) is 21.9. The maximum absolute atomic E-state index is 11.0. The Morgan fingerprint density at radius 2 is 1.00 bits per heavy atom. The zero-order valence-corrected chi connectivity index (χ0v) is 15.5. The maximum Gasteiger partial charge on any atom is 0.243 e. The number of carbonyl (C=O) groups is 2.